The molecule has 4 nitrogen and oxygen atoms in total. The highest BCUT2D eigenvalue weighted by atomic mass is 16.6. The van der Waals surface area contributed by atoms with Gasteiger partial charge in [-0.05, 0) is 63.3 Å². The van der Waals surface area contributed by atoms with Crippen molar-refractivity contribution in [2.45, 2.75) is 45.1 Å². The van der Waals surface area contributed by atoms with Gasteiger partial charge in [-0.3, -0.25) is 4.98 Å². The van der Waals surface area contributed by atoms with Crippen LogP contribution in [0.15, 0.2) is 30.5 Å². The molecular weight excluding hydrogens is 290 g/mol. The summed E-state index contributed by atoms with van der Waals surface area (Å²) in [4.78, 5) is 16.9. The summed E-state index contributed by atoms with van der Waals surface area (Å²) in [6.07, 6.45) is 3.71. The first-order valence-corrected chi connectivity index (χ1v) is 8.14. The molecule has 122 valence electrons. The van der Waals surface area contributed by atoms with Crippen LogP contribution in [-0.4, -0.2) is 29.8 Å². The number of hydrogen-bond acceptors (Lipinski definition) is 4. The molecule has 0 saturated carbocycles. The third kappa shape index (κ3) is 3.70. The van der Waals surface area contributed by atoms with Gasteiger partial charge >= 0.3 is 5.97 Å². The quantitative estimate of drug-likeness (QED) is 0.784. The molecule has 1 aliphatic heterocycles. The molecule has 1 fully saturated rings. The Hall–Kier alpha value is -1.94. The topological polar surface area (TPSA) is 48.4 Å². The van der Waals surface area contributed by atoms with Crippen LogP contribution in [0.1, 0.15) is 55.5 Å². The van der Waals surface area contributed by atoms with E-state index in [-0.39, 0.29) is 5.97 Å². The second kappa shape index (κ2) is 6.28. The minimum atomic E-state index is -0.509. The van der Waals surface area contributed by atoms with Crippen LogP contribution < -0.4 is 0 Å². The molecule has 1 aromatic heterocycles. The van der Waals surface area contributed by atoms with Gasteiger partial charge < -0.3 is 9.47 Å². The van der Waals surface area contributed by atoms with E-state index in [0.29, 0.717) is 11.5 Å². The lowest BCUT2D eigenvalue weighted by Crippen LogP contribution is -2.24. The van der Waals surface area contributed by atoms with Gasteiger partial charge in [0.15, 0.2) is 0 Å². The summed E-state index contributed by atoms with van der Waals surface area (Å²) in [6, 6.07) is 7.94. The molecule has 0 aliphatic carbocycles. The average Bonchev–Trinajstić information content (AvgIpc) is 2.53. The van der Waals surface area contributed by atoms with E-state index < -0.39 is 5.60 Å². The van der Waals surface area contributed by atoms with E-state index in [4.69, 9.17) is 9.47 Å². The Balaban J connectivity index is 1.99. The van der Waals surface area contributed by atoms with Crippen molar-refractivity contribution in [2.24, 2.45) is 0 Å². The van der Waals surface area contributed by atoms with E-state index in [1.807, 2.05) is 26.8 Å². The van der Waals surface area contributed by atoms with E-state index in [0.717, 1.165) is 37.0 Å². The summed E-state index contributed by atoms with van der Waals surface area (Å²) < 4.78 is 11.0. The van der Waals surface area contributed by atoms with Crippen LogP contribution in [0.5, 0.6) is 0 Å². The van der Waals surface area contributed by atoms with Crippen molar-refractivity contribution < 1.29 is 14.3 Å². The third-order valence-electron chi connectivity index (χ3n) is 4.08. The summed E-state index contributed by atoms with van der Waals surface area (Å²) >= 11 is 0. The van der Waals surface area contributed by atoms with Crippen LogP contribution in [0, 0.1) is 0 Å². The molecule has 0 amide bonds. The minimum Gasteiger partial charge on any atom is -0.456 e. The van der Waals surface area contributed by atoms with Crippen LogP contribution in [0.4, 0.5) is 0 Å². The van der Waals surface area contributed by atoms with Gasteiger partial charge in [-0.25, -0.2) is 4.79 Å². The summed E-state index contributed by atoms with van der Waals surface area (Å²) in [6.45, 7) is 7.23. The number of fused-ring (bicyclic) bond motifs is 1. The lowest BCUT2D eigenvalue weighted by Gasteiger charge is -2.23. The van der Waals surface area contributed by atoms with Crippen LogP contribution in [0.3, 0.4) is 0 Å². The first-order valence-electron chi connectivity index (χ1n) is 8.14. The molecule has 1 aromatic carbocycles. The first kappa shape index (κ1) is 15.9. The van der Waals surface area contributed by atoms with Crippen molar-refractivity contribution in [3.05, 3.63) is 41.6 Å². The molecule has 0 radical (unpaired) electrons. The number of nitrogens with zero attached hydrogens (tertiary/aromatic N) is 1. The number of carbonyl (C=O) groups excluding carboxylic acids is 1. The Morgan fingerprint density at radius 3 is 2.65 bits per heavy atom. The van der Waals surface area contributed by atoms with Crippen molar-refractivity contribution in [3.8, 4) is 0 Å². The van der Waals surface area contributed by atoms with Crippen molar-refractivity contribution in [1.29, 1.82) is 0 Å². The first-order chi connectivity index (χ1) is 10.9. The number of benzene rings is 1. The lowest BCUT2D eigenvalue weighted by molar-refractivity contribution is 0.00717. The Morgan fingerprint density at radius 1 is 1.22 bits per heavy atom. The molecule has 0 N–H and O–H groups in total. The van der Waals surface area contributed by atoms with Crippen LogP contribution in [0.25, 0.3) is 10.9 Å². The molecule has 23 heavy (non-hydrogen) atoms. The third-order valence-corrected chi connectivity index (χ3v) is 4.08. The Kier molecular flexibility index (Phi) is 4.35. The number of hydrogen-bond donors (Lipinski definition) is 0. The molecule has 3 rings (SSSR count). The standard InChI is InChI=1S/C19H23NO3/c1-19(2,3)23-18(21)15-6-9-20-17-5-4-14(12-16(15)17)13-7-10-22-11-8-13/h4-6,9,12-13H,7-8,10-11H2,1-3H3. The average molecular weight is 313 g/mol. The summed E-state index contributed by atoms with van der Waals surface area (Å²) in [7, 11) is 0. The van der Waals surface area contributed by atoms with Crippen LogP contribution in [0.2, 0.25) is 0 Å². The van der Waals surface area contributed by atoms with Gasteiger partial charge in [-0.2, -0.15) is 0 Å². The second-order valence-corrected chi connectivity index (χ2v) is 7.02. The molecule has 2 heterocycles. The van der Waals surface area contributed by atoms with Crippen molar-refractivity contribution >= 4 is 16.9 Å². The van der Waals surface area contributed by atoms with Gasteiger partial charge in [0, 0.05) is 24.8 Å². The van der Waals surface area contributed by atoms with E-state index in [1.165, 1.54) is 5.56 Å². The van der Waals surface area contributed by atoms with E-state index in [1.54, 1.807) is 12.3 Å². The maximum Gasteiger partial charge on any atom is 0.339 e. The predicted octanol–water partition coefficient (Wildman–Crippen LogP) is 4.08. The smallest absolute Gasteiger partial charge is 0.339 e. The number of carbonyl (C=O) groups is 1. The highest BCUT2D eigenvalue weighted by Crippen LogP contribution is 2.30. The largest absolute Gasteiger partial charge is 0.456 e. The Bertz CT molecular complexity index is 712. The fraction of sp³-hybridized carbons (Fsp3) is 0.474. The second-order valence-electron chi connectivity index (χ2n) is 7.02. The van der Waals surface area contributed by atoms with E-state index in [2.05, 4.69) is 17.1 Å². The number of aromatic nitrogens is 1. The predicted molar refractivity (Wildman–Crippen MR) is 89.7 cm³/mol. The van der Waals surface area contributed by atoms with Gasteiger partial charge in [0.05, 0.1) is 11.1 Å². The highest BCUT2D eigenvalue weighted by Gasteiger charge is 2.21. The molecular formula is C19H23NO3. The number of esters is 1. The molecule has 0 unspecified atom stereocenters. The summed E-state index contributed by atoms with van der Waals surface area (Å²) in [5, 5.41) is 0.866. The van der Waals surface area contributed by atoms with Gasteiger partial charge in [0.25, 0.3) is 0 Å². The summed E-state index contributed by atoms with van der Waals surface area (Å²) in [5.41, 5.74) is 2.15. The fourth-order valence-electron chi connectivity index (χ4n) is 2.96. The Labute approximate surface area is 136 Å². The number of ether oxygens (including phenoxy) is 2. The normalized spacial score (nSPS) is 16.5. The monoisotopic (exact) mass is 313 g/mol. The van der Waals surface area contributed by atoms with Crippen LogP contribution in [-0.2, 0) is 9.47 Å². The van der Waals surface area contributed by atoms with E-state index >= 15 is 0 Å². The molecule has 1 aliphatic rings. The maximum atomic E-state index is 12.5. The van der Waals surface area contributed by atoms with Gasteiger partial charge in [-0.15, -0.1) is 0 Å². The maximum absolute atomic E-state index is 12.5. The fourth-order valence-corrected chi connectivity index (χ4v) is 2.96. The molecule has 0 bridgehead atoms. The Morgan fingerprint density at radius 2 is 1.96 bits per heavy atom. The molecule has 4 heteroatoms. The zero-order valence-corrected chi connectivity index (χ0v) is 14.0. The van der Waals surface area contributed by atoms with Gasteiger partial charge in [-0.1, -0.05) is 6.07 Å². The number of rotatable bonds is 2. The van der Waals surface area contributed by atoms with Crippen LogP contribution >= 0.6 is 0 Å². The lowest BCUT2D eigenvalue weighted by atomic mass is 9.90. The number of pyridine rings is 1. The zero-order valence-electron chi connectivity index (χ0n) is 14.0. The molecule has 2 aromatic rings. The van der Waals surface area contributed by atoms with Gasteiger partial charge in [0.2, 0.25) is 0 Å². The van der Waals surface area contributed by atoms with Gasteiger partial charge in [0.1, 0.15) is 5.60 Å². The van der Waals surface area contributed by atoms with Crippen molar-refractivity contribution in [3.63, 3.8) is 0 Å². The molecule has 0 atom stereocenters. The van der Waals surface area contributed by atoms with Crippen molar-refractivity contribution in [2.75, 3.05) is 13.2 Å². The summed E-state index contributed by atoms with van der Waals surface area (Å²) in [5.74, 6) is 0.189. The highest BCUT2D eigenvalue weighted by molar-refractivity contribution is 6.03. The molecule has 0 spiro atoms. The van der Waals surface area contributed by atoms with Crippen molar-refractivity contribution in [1.82, 2.24) is 4.98 Å². The minimum absolute atomic E-state index is 0.297. The SMILES string of the molecule is CC(C)(C)OC(=O)c1ccnc2ccc(C3CCOCC3)cc12. The zero-order chi connectivity index (χ0) is 16.4. The molecule has 1 saturated heterocycles. The van der Waals surface area contributed by atoms with E-state index in [9.17, 15) is 4.79 Å².